The van der Waals surface area contributed by atoms with Gasteiger partial charge in [-0.2, -0.15) is 5.10 Å². The first kappa shape index (κ1) is 26.8. The van der Waals surface area contributed by atoms with Gasteiger partial charge in [0.25, 0.3) is 5.91 Å². The third kappa shape index (κ3) is 8.86. The predicted molar refractivity (Wildman–Crippen MR) is 132 cm³/mol. The number of hydrogen-bond donors (Lipinski definition) is 1. The van der Waals surface area contributed by atoms with Gasteiger partial charge in [-0.3, -0.25) is 9.10 Å². The molecule has 9 nitrogen and oxygen atoms in total. The number of nitrogens with one attached hydrogen (secondary N) is 1. The van der Waals surface area contributed by atoms with Crippen LogP contribution in [0.5, 0.6) is 5.75 Å². The van der Waals surface area contributed by atoms with E-state index >= 15 is 0 Å². The summed E-state index contributed by atoms with van der Waals surface area (Å²) in [7, 11) is -3.68. The molecule has 0 aliphatic carbocycles. The number of esters is 1. The number of amides is 1. The number of anilines is 1. The lowest BCUT2D eigenvalue weighted by Gasteiger charge is -2.23. The number of ether oxygens (including phenoxy) is 2. The number of nitrogens with zero attached hydrogens (tertiary/aromatic N) is 2. The van der Waals surface area contributed by atoms with Crippen LogP contribution in [0.3, 0.4) is 0 Å². The van der Waals surface area contributed by atoms with Gasteiger partial charge in [0.2, 0.25) is 10.0 Å². The van der Waals surface area contributed by atoms with E-state index in [0.29, 0.717) is 23.4 Å². The molecule has 0 radical (unpaired) electrons. The minimum absolute atomic E-state index is 0.210. The number of benzene rings is 2. The predicted octanol–water partition coefficient (Wildman–Crippen LogP) is 2.89. The van der Waals surface area contributed by atoms with Gasteiger partial charge in [-0.15, -0.1) is 0 Å². The molecule has 0 aromatic heterocycles. The third-order valence-electron chi connectivity index (χ3n) is 4.39. The average Bonchev–Trinajstić information content (AvgIpc) is 2.75. The molecule has 0 spiro atoms. The monoisotopic (exact) mass is 489 g/mol. The second-order valence-corrected chi connectivity index (χ2v) is 10.4. The molecule has 0 aliphatic heterocycles. The van der Waals surface area contributed by atoms with Gasteiger partial charge in [-0.25, -0.2) is 18.6 Å². The molecule has 10 heteroatoms. The molecule has 0 saturated carbocycles. The lowest BCUT2D eigenvalue weighted by Crippen LogP contribution is -2.39. The van der Waals surface area contributed by atoms with Crippen LogP contribution in [0.2, 0.25) is 0 Å². The minimum Gasteiger partial charge on any atom is -0.482 e. The van der Waals surface area contributed by atoms with Crippen molar-refractivity contribution >= 4 is 33.8 Å². The maximum absolute atomic E-state index is 12.4. The van der Waals surface area contributed by atoms with Gasteiger partial charge < -0.3 is 9.47 Å². The molecule has 34 heavy (non-hydrogen) atoms. The van der Waals surface area contributed by atoms with Crippen LogP contribution in [0, 0.1) is 0 Å². The van der Waals surface area contributed by atoms with Crippen LogP contribution >= 0.6 is 0 Å². The van der Waals surface area contributed by atoms with Crippen molar-refractivity contribution < 1.29 is 27.5 Å². The van der Waals surface area contributed by atoms with Crippen LogP contribution in [0.4, 0.5) is 5.69 Å². The number of sulfonamides is 1. The zero-order valence-corrected chi connectivity index (χ0v) is 20.9. The Morgan fingerprint density at radius 2 is 1.74 bits per heavy atom. The van der Waals surface area contributed by atoms with Crippen molar-refractivity contribution in [1.29, 1.82) is 0 Å². The molecular formula is C24H31N3O6S. The molecule has 0 aliphatic rings. The van der Waals surface area contributed by atoms with Crippen LogP contribution in [-0.2, 0) is 30.8 Å². The number of hydrogen-bond acceptors (Lipinski definition) is 7. The summed E-state index contributed by atoms with van der Waals surface area (Å²) >= 11 is 0. The Labute approximate surface area is 200 Å². The summed E-state index contributed by atoms with van der Waals surface area (Å²) in [6.07, 6.45) is 3.10. The van der Waals surface area contributed by atoms with Gasteiger partial charge in [-0.1, -0.05) is 25.1 Å². The lowest BCUT2D eigenvalue weighted by molar-refractivity contribution is -0.157. The second kappa shape index (κ2) is 11.6. The number of para-hydroxylation sites is 1. The van der Waals surface area contributed by atoms with Crippen LogP contribution in [-0.4, -0.2) is 51.5 Å². The summed E-state index contributed by atoms with van der Waals surface area (Å²) < 4.78 is 36.2. The number of hydrazone groups is 1. The standard InChI is InChI=1S/C24H31N3O6S/c1-6-19-9-7-8-10-21(19)27(34(5,30)31)16-22(28)26-25-15-18-11-13-20(14-12-18)32-17-23(29)33-24(2,3)4/h7-15H,6,16-17H2,1-5H3,(H,26,28)/b25-15-. The quantitative estimate of drug-likeness (QED) is 0.312. The van der Waals surface area contributed by atoms with E-state index in [1.165, 1.54) is 6.21 Å². The molecule has 1 amide bonds. The van der Waals surface area contributed by atoms with Crippen LogP contribution in [0.15, 0.2) is 53.6 Å². The third-order valence-corrected chi connectivity index (χ3v) is 5.51. The highest BCUT2D eigenvalue weighted by molar-refractivity contribution is 7.92. The fourth-order valence-electron chi connectivity index (χ4n) is 2.94. The average molecular weight is 490 g/mol. The highest BCUT2D eigenvalue weighted by Crippen LogP contribution is 2.23. The Morgan fingerprint density at radius 3 is 2.32 bits per heavy atom. The highest BCUT2D eigenvalue weighted by Gasteiger charge is 2.22. The van der Waals surface area contributed by atoms with Gasteiger partial charge in [-0.05, 0) is 68.7 Å². The highest BCUT2D eigenvalue weighted by atomic mass is 32.2. The van der Waals surface area contributed by atoms with Crippen molar-refractivity contribution in [3.05, 3.63) is 59.7 Å². The normalized spacial score (nSPS) is 11.8. The van der Waals surface area contributed by atoms with Gasteiger partial charge >= 0.3 is 5.97 Å². The van der Waals surface area contributed by atoms with Gasteiger partial charge in [0, 0.05) is 0 Å². The molecule has 2 aromatic carbocycles. The zero-order valence-electron chi connectivity index (χ0n) is 20.1. The van der Waals surface area contributed by atoms with E-state index in [-0.39, 0.29) is 6.61 Å². The van der Waals surface area contributed by atoms with Crippen LogP contribution in [0.1, 0.15) is 38.8 Å². The molecule has 184 valence electrons. The van der Waals surface area contributed by atoms with Gasteiger partial charge in [0.15, 0.2) is 6.61 Å². The van der Waals surface area contributed by atoms with E-state index in [4.69, 9.17) is 9.47 Å². The minimum atomic E-state index is -3.68. The molecule has 0 atom stereocenters. The molecule has 2 rings (SSSR count). The smallest absolute Gasteiger partial charge is 0.344 e. The molecule has 0 unspecified atom stereocenters. The maximum Gasteiger partial charge on any atom is 0.344 e. The SMILES string of the molecule is CCc1ccccc1N(CC(=O)N/N=C\c1ccc(OCC(=O)OC(C)(C)C)cc1)S(C)(=O)=O. The van der Waals surface area contributed by atoms with Crippen LogP contribution in [0.25, 0.3) is 0 Å². The largest absolute Gasteiger partial charge is 0.482 e. The molecule has 0 fully saturated rings. The molecule has 0 heterocycles. The first-order valence-corrected chi connectivity index (χ1v) is 12.6. The van der Waals surface area contributed by atoms with E-state index in [2.05, 4.69) is 10.5 Å². The van der Waals surface area contributed by atoms with Crippen molar-refractivity contribution in [2.24, 2.45) is 5.10 Å². The first-order valence-electron chi connectivity index (χ1n) is 10.7. The Morgan fingerprint density at radius 1 is 1.09 bits per heavy atom. The Balaban J connectivity index is 1.94. The summed E-state index contributed by atoms with van der Waals surface area (Å²) in [4.78, 5) is 24.1. The number of rotatable bonds is 10. The fraction of sp³-hybridized carbons (Fsp3) is 0.375. The molecule has 2 aromatic rings. The molecule has 0 bridgehead atoms. The maximum atomic E-state index is 12.4. The van der Waals surface area contributed by atoms with Crippen molar-refractivity contribution in [2.75, 3.05) is 23.7 Å². The van der Waals surface area contributed by atoms with Crippen molar-refractivity contribution in [3.8, 4) is 5.75 Å². The van der Waals surface area contributed by atoms with E-state index in [9.17, 15) is 18.0 Å². The van der Waals surface area contributed by atoms with Gasteiger partial charge in [0.05, 0.1) is 18.2 Å². The Hall–Kier alpha value is -3.40. The molecular weight excluding hydrogens is 458 g/mol. The summed E-state index contributed by atoms with van der Waals surface area (Å²) in [5.74, 6) is -0.569. The zero-order chi connectivity index (χ0) is 25.4. The van der Waals surface area contributed by atoms with Crippen LogP contribution < -0.4 is 14.5 Å². The Bertz CT molecular complexity index is 1120. The van der Waals surface area contributed by atoms with E-state index in [1.807, 2.05) is 19.1 Å². The van der Waals surface area contributed by atoms with E-state index in [0.717, 1.165) is 16.1 Å². The van der Waals surface area contributed by atoms with E-state index < -0.39 is 34.0 Å². The summed E-state index contributed by atoms with van der Waals surface area (Å²) in [6.45, 7) is 6.64. The number of aryl methyl sites for hydroxylation is 1. The van der Waals surface area contributed by atoms with E-state index in [1.54, 1.807) is 57.2 Å². The summed E-state index contributed by atoms with van der Waals surface area (Å²) in [5, 5.41) is 3.90. The topological polar surface area (TPSA) is 114 Å². The fourth-order valence-corrected chi connectivity index (χ4v) is 3.83. The summed E-state index contributed by atoms with van der Waals surface area (Å²) in [6, 6.07) is 13.7. The molecule has 1 N–H and O–H groups in total. The first-order chi connectivity index (χ1) is 15.9. The number of carbonyl (C=O) groups excluding carboxylic acids is 2. The van der Waals surface area contributed by atoms with Gasteiger partial charge in [0.1, 0.15) is 17.9 Å². The number of carbonyl (C=O) groups is 2. The van der Waals surface area contributed by atoms with Crippen molar-refractivity contribution in [3.63, 3.8) is 0 Å². The second-order valence-electron chi connectivity index (χ2n) is 8.49. The lowest BCUT2D eigenvalue weighted by atomic mass is 10.1. The van der Waals surface area contributed by atoms with Crippen molar-refractivity contribution in [2.45, 2.75) is 39.7 Å². The van der Waals surface area contributed by atoms with Crippen molar-refractivity contribution in [1.82, 2.24) is 5.43 Å². The Kier molecular flexibility index (Phi) is 9.19. The molecule has 0 saturated heterocycles. The summed E-state index contributed by atoms with van der Waals surface area (Å²) in [5.41, 5.74) is 3.72.